The van der Waals surface area contributed by atoms with Gasteiger partial charge >= 0.3 is 0 Å². The van der Waals surface area contributed by atoms with E-state index in [1.165, 1.54) is 0 Å². The fourth-order valence-electron chi connectivity index (χ4n) is 2.14. The summed E-state index contributed by atoms with van der Waals surface area (Å²) >= 11 is 0. The second-order valence-corrected chi connectivity index (χ2v) is 4.81. The van der Waals surface area contributed by atoms with Crippen molar-refractivity contribution in [3.8, 4) is 0 Å². The first-order valence-electron chi connectivity index (χ1n) is 6.39. The van der Waals surface area contributed by atoms with Gasteiger partial charge in [-0.3, -0.25) is 4.79 Å². The summed E-state index contributed by atoms with van der Waals surface area (Å²) in [7, 11) is 0. The van der Waals surface area contributed by atoms with Gasteiger partial charge in [0, 0.05) is 11.1 Å². The molecule has 0 radical (unpaired) electrons. The minimum absolute atomic E-state index is 0.176. The van der Waals surface area contributed by atoms with Crippen LogP contribution in [0, 0.1) is 6.92 Å². The van der Waals surface area contributed by atoms with Crippen molar-refractivity contribution in [3.63, 3.8) is 0 Å². The molecule has 0 spiro atoms. The van der Waals surface area contributed by atoms with E-state index < -0.39 is 0 Å². The van der Waals surface area contributed by atoms with Crippen molar-refractivity contribution in [1.29, 1.82) is 0 Å². The van der Waals surface area contributed by atoms with E-state index >= 15 is 0 Å². The maximum Gasteiger partial charge on any atom is 0.272 e. The smallest absolute Gasteiger partial charge is 0.272 e. The van der Waals surface area contributed by atoms with E-state index in [0.717, 1.165) is 22.2 Å². The van der Waals surface area contributed by atoms with Crippen LogP contribution in [-0.4, -0.2) is 10.9 Å². The molecule has 0 saturated heterocycles. The lowest BCUT2D eigenvalue weighted by atomic mass is 10.2. The number of aryl methyl sites for hydroxylation is 1. The van der Waals surface area contributed by atoms with Crippen molar-refractivity contribution < 1.29 is 4.79 Å². The van der Waals surface area contributed by atoms with Crippen LogP contribution in [0.1, 0.15) is 16.1 Å². The van der Waals surface area contributed by atoms with Gasteiger partial charge in [-0.25, -0.2) is 0 Å². The van der Waals surface area contributed by atoms with Gasteiger partial charge in [-0.2, -0.15) is 0 Å². The van der Waals surface area contributed by atoms with Crippen LogP contribution in [0.4, 0.5) is 11.4 Å². The zero-order valence-corrected chi connectivity index (χ0v) is 11.1. The van der Waals surface area contributed by atoms with E-state index in [1.54, 1.807) is 12.1 Å². The van der Waals surface area contributed by atoms with Crippen molar-refractivity contribution >= 4 is 28.2 Å². The van der Waals surface area contributed by atoms with Crippen LogP contribution in [0.2, 0.25) is 0 Å². The minimum atomic E-state index is -0.176. The predicted molar refractivity (Wildman–Crippen MR) is 81.8 cm³/mol. The summed E-state index contributed by atoms with van der Waals surface area (Å²) in [6, 6.07) is 15.1. The van der Waals surface area contributed by atoms with Crippen LogP contribution in [0.15, 0.2) is 48.5 Å². The Bertz CT molecular complexity index is 772. The van der Waals surface area contributed by atoms with E-state index in [2.05, 4.69) is 10.3 Å². The first-order chi connectivity index (χ1) is 9.63. The van der Waals surface area contributed by atoms with Gasteiger partial charge in [-0.15, -0.1) is 0 Å². The van der Waals surface area contributed by atoms with Crippen LogP contribution >= 0.6 is 0 Å². The first kappa shape index (κ1) is 12.3. The number of rotatable bonds is 2. The highest BCUT2D eigenvalue weighted by molar-refractivity contribution is 6.07. The Balaban J connectivity index is 1.89. The quantitative estimate of drug-likeness (QED) is 0.622. The van der Waals surface area contributed by atoms with Gasteiger partial charge in [0.15, 0.2) is 0 Å². The number of hydrogen-bond donors (Lipinski definition) is 3. The third-order valence-electron chi connectivity index (χ3n) is 3.24. The zero-order valence-electron chi connectivity index (χ0n) is 11.1. The topological polar surface area (TPSA) is 70.9 Å². The lowest BCUT2D eigenvalue weighted by Crippen LogP contribution is -2.12. The van der Waals surface area contributed by atoms with Crippen molar-refractivity contribution in [3.05, 3.63) is 59.8 Å². The monoisotopic (exact) mass is 265 g/mol. The molecule has 3 rings (SSSR count). The van der Waals surface area contributed by atoms with Gasteiger partial charge < -0.3 is 16.0 Å². The Morgan fingerprint density at radius 3 is 2.60 bits per heavy atom. The molecule has 3 aromatic rings. The van der Waals surface area contributed by atoms with E-state index in [9.17, 15) is 4.79 Å². The molecule has 4 N–H and O–H groups in total. The van der Waals surface area contributed by atoms with Crippen molar-refractivity contribution in [2.24, 2.45) is 0 Å². The number of carbonyl (C=O) groups is 1. The Hall–Kier alpha value is -2.75. The fourth-order valence-corrected chi connectivity index (χ4v) is 2.14. The Morgan fingerprint density at radius 2 is 1.90 bits per heavy atom. The van der Waals surface area contributed by atoms with Gasteiger partial charge in [-0.05, 0) is 31.2 Å². The average Bonchev–Trinajstić information content (AvgIpc) is 2.87. The molecule has 0 aliphatic rings. The second kappa shape index (κ2) is 4.74. The summed E-state index contributed by atoms with van der Waals surface area (Å²) in [5.41, 5.74) is 9.73. The van der Waals surface area contributed by atoms with E-state index in [0.29, 0.717) is 11.4 Å². The number of hydrogen-bond acceptors (Lipinski definition) is 2. The summed E-state index contributed by atoms with van der Waals surface area (Å²) in [6.07, 6.45) is 0. The Kier molecular flexibility index (Phi) is 2.91. The lowest BCUT2D eigenvalue weighted by molar-refractivity contribution is 0.102. The Morgan fingerprint density at radius 1 is 1.15 bits per heavy atom. The normalized spacial score (nSPS) is 10.7. The number of fused-ring (bicyclic) bond motifs is 1. The number of anilines is 2. The van der Waals surface area contributed by atoms with Gasteiger partial charge in [0.05, 0.1) is 11.2 Å². The summed E-state index contributed by atoms with van der Waals surface area (Å²) in [5.74, 6) is -0.176. The molecular formula is C16H15N3O. The number of nitrogens with two attached hydrogens (primary N) is 1. The number of benzene rings is 2. The summed E-state index contributed by atoms with van der Waals surface area (Å²) in [5, 5.41) is 3.78. The molecule has 100 valence electrons. The van der Waals surface area contributed by atoms with Crippen LogP contribution in [0.3, 0.4) is 0 Å². The maximum absolute atomic E-state index is 12.2. The third kappa shape index (κ3) is 2.23. The van der Waals surface area contributed by atoms with E-state index in [1.807, 2.05) is 43.3 Å². The van der Waals surface area contributed by atoms with Crippen molar-refractivity contribution in [1.82, 2.24) is 4.98 Å². The van der Waals surface area contributed by atoms with Gasteiger partial charge in [0.25, 0.3) is 5.91 Å². The molecule has 0 fully saturated rings. The summed E-state index contributed by atoms with van der Waals surface area (Å²) in [4.78, 5) is 15.3. The molecule has 1 heterocycles. The number of carbonyl (C=O) groups excluding carboxylic acids is 1. The number of aromatic nitrogens is 1. The van der Waals surface area contributed by atoms with Gasteiger partial charge in [0.2, 0.25) is 0 Å². The van der Waals surface area contributed by atoms with Crippen molar-refractivity contribution in [2.75, 3.05) is 11.1 Å². The maximum atomic E-state index is 12.2. The van der Waals surface area contributed by atoms with Gasteiger partial charge in [-0.1, -0.05) is 29.8 Å². The molecule has 2 aromatic carbocycles. The molecule has 0 saturated carbocycles. The van der Waals surface area contributed by atoms with Crippen LogP contribution < -0.4 is 11.1 Å². The molecule has 0 unspecified atom stereocenters. The number of para-hydroxylation sites is 1. The largest absolute Gasteiger partial charge is 0.397 e. The van der Waals surface area contributed by atoms with E-state index in [4.69, 9.17) is 5.73 Å². The van der Waals surface area contributed by atoms with Crippen LogP contribution in [0.25, 0.3) is 10.9 Å². The summed E-state index contributed by atoms with van der Waals surface area (Å²) in [6.45, 7) is 2.01. The molecule has 20 heavy (non-hydrogen) atoms. The van der Waals surface area contributed by atoms with Crippen LogP contribution in [-0.2, 0) is 0 Å². The molecule has 1 aromatic heterocycles. The third-order valence-corrected chi connectivity index (χ3v) is 3.24. The predicted octanol–water partition coefficient (Wildman–Crippen LogP) is 3.31. The molecule has 1 amide bonds. The molecule has 0 aliphatic carbocycles. The second-order valence-electron chi connectivity index (χ2n) is 4.81. The van der Waals surface area contributed by atoms with Gasteiger partial charge in [0.1, 0.15) is 5.69 Å². The number of aromatic amines is 1. The minimum Gasteiger partial charge on any atom is -0.397 e. The summed E-state index contributed by atoms with van der Waals surface area (Å²) < 4.78 is 0. The zero-order chi connectivity index (χ0) is 14.1. The first-order valence-corrected chi connectivity index (χ1v) is 6.39. The number of nitrogen functional groups attached to an aromatic ring is 1. The number of nitrogens with one attached hydrogen (secondary N) is 2. The standard InChI is InChI=1S/C16H15N3O/c1-10-5-7-12(8-6-10)18-16(20)14-9-11-3-2-4-13(17)15(11)19-14/h2-9,19H,17H2,1H3,(H,18,20). The molecule has 0 bridgehead atoms. The Labute approximate surface area is 116 Å². The molecular weight excluding hydrogens is 250 g/mol. The van der Waals surface area contributed by atoms with Crippen molar-refractivity contribution in [2.45, 2.75) is 6.92 Å². The number of amides is 1. The molecule has 0 atom stereocenters. The fraction of sp³-hybridized carbons (Fsp3) is 0.0625. The number of H-pyrrole nitrogens is 1. The molecule has 4 nitrogen and oxygen atoms in total. The highest BCUT2D eigenvalue weighted by Crippen LogP contribution is 2.21. The molecule has 4 heteroatoms. The van der Waals surface area contributed by atoms with E-state index in [-0.39, 0.29) is 5.91 Å². The SMILES string of the molecule is Cc1ccc(NC(=O)c2cc3cccc(N)c3[nH]2)cc1. The average molecular weight is 265 g/mol. The molecule has 0 aliphatic heterocycles. The van der Waals surface area contributed by atoms with Crippen LogP contribution in [0.5, 0.6) is 0 Å². The highest BCUT2D eigenvalue weighted by atomic mass is 16.1. The lowest BCUT2D eigenvalue weighted by Gasteiger charge is -2.03. The highest BCUT2D eigenvalue weighted by Gasteiger charge is 2.10.